The van der Waals surface area contributed by atoms with Crippen LogP contribution in [0.4, 0.5) is 21.1 Å². The first-order valence-corrected chi connectivity index (χ1v) is 43.6. The highest BCUT2D eigenvalue weighted by Crippen LogP contribution is 2.58. The molecule has 5 atom stereocenters. The van der Waals surface area contributed by atoms with Gasteiger partial charge in [0.1, 0.15) is 66.6 Å². The van der Waals surface area contributed by atoms with Crippen LogP contribution in [-0.2, 0) is 85.7 Å². The maximum absolute atomic E-state index is 13.9. The second-order valence-corrected chi connectivity index (χ2v) is 35.1. The fourth-order valence-corrected chi connectivity index (χ4v) is 18.8. The molecule has 105 heavy (non-hydrogen) atoms. The molecule has 0 saturated carbocycles. The van der Waals surface area contributed by atoms with Crippen LogP contribution < -0.4 is 46.5 Å². The van der Waals surface area contributed by atoms with Crippen LogP contribution >= 0.6 is 67.1 Å². The fraction of sp³-hybridized carbons (Fsp3) is 0.537. The number of hydrogen-bond donors (Lipinski definition) is 8. The van der Waals surface area contributed by atoms with E-state index >= 15 is 0 Å². The number of rotatable bonds is 37. The normalized spacial score (nSPS) is 18.0. The third kappa shape index (κ3) is 21.2. The van der Waals surface area contributed by atoms with Crippen molar-refractivity contribution < 1.29 is 104 Å². The fourth-order valence-electron chi connectivity index (χ4n) is 13.5. The van der Waals surface area contributed by atoms with Gasteiger partial charge in [0.2, 0.25) is 5.36 Å². The van der Waals surface area contributed by atoms with E-state index in [0.717, 1.165) is 105 Å². The van der Waals surface area contributed by atoms with Gasteiger partial charge in [-0.05, 0) is 128 Å². The van der Waals surface area contributed by atoms with Crippen molar-refractivity contribution in [3.63, 3.8) is 0 Å². The van der Waals surface area contributed by atoms with Gasteiger partial charge < -0.3 is 83.9 Å². The Morgan fingerprint density at radius 3 is 2.33 bits per heavy atom. The molecule has 1 fully saturated rings. The SMILES string of the molecule is CSSCO[C@H]1C[C@H](n2cc(C#CCNC(=O)OCCCCOCSSC(C)(C)CCOC(=O)NCCOCCOCCNC(=O)c3ccc(C(=O)O)c(C4=c5cc6c7c(c5Oc5c4cc4c8c5CCCN8CCC4)CCC[N+]=7CCC6)c3)c3c(N)ncnc32)O[C@@H]1COP(=O)(O)O[P+](=O)OP(=O)(O)O. The lowest BCUT2D eigenvalue weighted by atomic mass is 9.81. The summed E-state index contributed by atoms with van der Waals surface area (Å²) in [6.07, 6.45) is 10.6. The molecule has 1 saturated heterocycles. The Kier molecular flexibility index (Phi) is 28.4. The number of benzene rings is 3. The lowest BCUT2D eigenvalue weighted by Gasteiger charge is -2.39. The zero-order valence-electron chi connectivity index (χ0n) is 58.2. The largest absolute Gasteiger partial charge is 0.719 e. The average molecular weight is 1590 g/mol. The molecule has 568 valence electrons. The minimum atomic E-state index is -5.31. The Hall–Kier alpha value is -6.09. The first kappa shape index (κ1) is 79.9. The van der Waals surface area contributed by atoms with Gasteiger partial charge in [-0.15, -0.1) is 0 Å². The van der Waals surface area contributed by atoms with Gasteiger partial charge in [0.25, 0.3) is 5.91 Å². The van der Waals surface area contributed by atoms with Crippen molar-refractivity contribution in [3.8, 4) is 23.3 Å². The number of aryl methyl sites for hydroxylation is 2. The number of unbranched alkanes of at least 4 members (excludes halogenated alkanes) is 1. The molecule has 2 aromatic heterocycles. The van der Waals surface area contributed by atoms with Crippen molar-refractivity contribution in [1.29, 1.82) is 0 Å². The van der Waals surface area contributed by atoms with Gasteiger partial charge in [-0.3, -0.25) is 14.2 Å². The van der Waals surface area contributed by atoms with Gasteiger partial charge in [0, 0.05) is 106 Å². The number of fused-ring (bicyclic) bond motifs is 5. The van der Waals surface area contributed by atoms with E-state index in [1.165, 1.54) is 72.0 Å². The number of carbonyl (C=O) groups is 4. The Morgan fingerprint density at radius 2 is 1.55 bits per heavy atom. The van der Waals surface area contributed by atoms with Crippen LogP contribution in [0.25, 0.3) is 16.6 Å². The molecule has 0 bridgehead atoms. The lowest BCUT2D eigenvalue weighted by molar-refractivity contribution is -0.0518. The summed E-state index contributed by atoms with van der Waals surface area (Å²) in [5.41, 5.74) is 15.8. The first-order valence-electron chi connectivity index (χ1n) is 34.4. The predicted octanol–water partition coefficient (Wildman–Crippen LogP) is 8.26. The highest BCUT2D eigenvalue weighted by atomic mass is 33.1. The average Bonchev–Trinajstić information content (AvgIpc) is 1.34. The van der Waals surface area contributed by atoms with Crippen molar-refractivity contribution in [2.75, 3.05) is 127 Å². The summed E-state index contributed by atoms with van der Waals surface area (Å²) in [5, 5.41) is 21.6. The van der Waals surface area contributed by atoms with Crippen molar-refractivity contribution >= 4 is 119 Å². The Bertz CT molecular complexity index is 4340. The van der Waals surface area contributed by atoms with Gasteiger partial charge >= 0.3 is 42.1 Å². The standard InChI is InChI=1S/C67H84N9O22P3S4/c1-67(2,105-104-40-90-26-4-5-27-91-65(80)70-19-6-11-45-37-76(62-55(45)61(68)72-39-73-62)54-36-52(93-41-103-102-3)53(95-54)38-94-101(86,87)98-99(82)97-100(83,84)85)18-28-92-66(81)71-21-30-89-32-31-88-29-20-69-63(77)44-16-17-46(64(78)79)49(35-44)56-50-33-42-12-7-22-74-24-9-14-47(57(42)74)59(50)96-60-48-15-10-25-75-23-8-13-43(58(48)75)34-51(56)60/h16-17,33-35,37,39,52-54H,4-5,7-10,12-15,18-32,36,38,40-41H2,1-3H3,(H7-2,68,69,70,71,72,73,77,78,79,80,81,83,84,85,86,87)/p+2/t52-,53+,54+/m0/s1. The number of carbonyl (C=O) groups excluding carboxylic acids is 3. The van der Waals surface area contributed by atoms with Crippen LogP contribution in [0.2, 0.25) is 0 Å². The Labute approximate surface area is 622 Å². The van der Waals surface area contributed by atoms with E-state index in [0.29, 0.717) is 59.5 Å². The number of nitrogens with one attached hydrogen (secondary N) is 3. The second-order valence-electron chi connectivity index (χ2n) is 25.7. The molecule has 5 aromatic rings. The van der Waals surface area contributed by atoms with E-state index in [1.807, 2.05) is 20.1 Å². The Balaban J connectivity index is 0.535. The number of anilines is 2. The molecular formula is C67H86N9O22P3S4+2. The molecule has 9 N–H and O–H groups in total. The second kappa shape index (κ2) is 37.3. The number of phosphoric acid groups is 2. The minimum Gasteiger partial charge on any atom is -0.478 e. The van der Waals surface area contributed by atoms with E-state index in [9.17, 15) is 42.9 Å². The third-order valence-electron chi connectivity index (χ3n) is 18.0. The van der Waals surface area contributed by atoms with Gasteiger partial charge in [0.05, 0.1) is 81.0 Å². The number of aromatic carboxylic acids is 1. The summed E-state index contributed by atoms with van der Waals surface area (Å²) in [6.45, 7) is 9.62. The van der Waals surface area contributed by atoms with Crippen molar-refractivity contribution in [2.24, 2.45) is 0 Å². The van der Waals surface area contributed by atoms with Crippen molar-refractivity contribution in [2.45, 2.75) is 114 Å². The monoisotopic (exact) mass is 1590 g/mol. The number of amides is 3. The van der Waals surface area contributed by atoms with Crippen LogP contribution in [0.3, 0.4) is 0 Å². The van der Waals surface area contributed by atoms with Gasteiger partial charge in [0.15, 0.2) is 0 Å². The molecule has 2 unspecified atom stereocenters. The number of carboxylic acid groups (broad SMARTS) is 1. The number of alkyl carbamates (subject to hydrolysis) is 2. The van der Waals surface area contributed by atoms with E-state index in [-0.39, 0.29) is 93.7 Å². The number of nitrogens with two attached hydrogens (primary N) is 1. The lowest BCUT2D eigenvalue weighted by Crippen LogP contribution is -2.45. The molecule has 0 aliphatic carbocycles. The quantitative estimate of drug-likeness (QED) is 0.00454. The Morgan fingerprint density at radius 1 is 0.819 bits per heavy atom. The molecule has 3 aromatic carbocycles. The van der Waals surface area contributed by atoms with Gasteiger partial charge in [-0.25, -0.2) is 38.1 Å². The molecule has 31 nitrogen and oxygen atoms in total. The summed E-state index contributed by atoms with van der Waals surface area (Å²) >= 11 is 0. The van der Waals surface area contributed by atoms with E-state index in [2.05, 4.69) is 68.0 Å². The van der Waals surface area contributed by atoms with Crippen LogP contribution in [0, 0.1) is 11.8 Å². The molecule has 11 rings (SSSR count). The smallest absolute Gasteiger partial charge is 0.478 e. The molecular weight excluding hydrogens is 1500 g/mol. The number of phosphoric ester groups is 1. The highest BCUT2D eigenvalue weighted by molar-refractivity contribution is 8.77. The summed E-state index contributed by atoms with van der Waals surface area (Å²) in [6, 6.07) is 9.31. The van der Waals surface area contributed by atoms with Gasteiger partial charge in [-0.1, -0.05) is 55.0 Å². The van der Waals surface area contributed by atoms with E-state index < -0.39 is 67.1 Å². The number of nitrogens with zero attached hydrogens (tertiary/aromatic N) is 5. The minimum absolute atomic E-state index is 0.0843. The van der Waals surface area contributed by atoms with Crippen LogP contribution in [0.15, 0.2) is 42.9 Å². The number of aromatic nitrogens is 3. The molecule has 0 radical (unpaired) electrons. The molecule has 6 aliphatic rings. The summed E-state index contributed by atoms with van der Waals surface area (Å²) in [5.74, 6) is 6.78. The highest BCUT2D eigenvalue weighted by Gasteiger charge is 2.46. The van der Waals surface area contributed by atoms with Crippen molar-refractivity contribution in [3.05, 3.63) is 104 Å². The summed E-state index contributed by atoms with van der Waals surface area (Å²) in [7, 11) is -8.25. The van der Waals surface area contributed by atoms with E-state index in [1.54, 1.807) is 39.8 Å². The van der Waals surface area contributed by atoms with Crippen LogP contribution in [0.1, 0.15) is 131 Å². The topological polar surface area (TPSA) is 401 Å². The molecule has 3 amide bonds. The summed E-state index contributed by atoms with van der Waals surface area (Å²) in [4.78, 5) is 90.7. The zero-order chi connectivity index (χ0) is 74.3. The zero-order valence-corrected chi connectivity index (χ0v) is 64.2. The number of carboxylic acids is 1. The molecule has 38 heteroatoms. The molecule has 0 spiro atoms. The third-order valence-corrected chi connectivity index (χ3v) is 25.7. The number of nitrogen functional groups attached to an aromatic ring is 1. The van der Waals surface area contributed by atoms with E-state index in [4.69, 9.17) is 57.9 Å². The first-order chi connectivity index (χ1) is 50.5. The van der Waals surface area contributed by atoms with Crippen LogP contribution in [-0.4, -0.2) is 192 Å². The molecule has 8 heterocycles. The van der Waals surface area contributed by atoms with Crippen LogP contribution in [0.5, 0.6) is 11.5 Å². The van der Waals surface area contributed by atoms with Gasteiger partial charge in [-0.2, -0.15) is 0 Å². The predicted molar refractivity (Wildman–Crippen MR) is 396 cm³/mol. The summed E-state index contributed by atoms with van der Waals surface area (Å²) < 4.78 is 99.3. The number of ether oxygens (including phenoxy) is 8. The van der Waals surface area contributed by atoms with Crippen molar-refractivity contribution in [1.82, 2.24) is 35.1 Å². The molecule has 6 aliphatic heterocycles. The maximum Gasteiger partial charge on any atom is 0.719 e. The number of hydrogen-bond acceptors (Lipinski definition) is 26. The maximum atomic E-state index is 13.9.